The average molecular weight is 287 g/mol. The zero-order valence-corrected chi connectivity index (χ0v) is 12.9. The molecule has 5 heteroatoms. The summed E-state index contributed by atoms with van der Waals surface area (Å²) in [5.74, 6) is 0. The first-order valence-electron chi connectivity index (χ1n) is 6.95. The van der Waals surface area contributed by atoms with Gasteiger partial charge < -0.3 is 9.88 Å². The molecule has 1 heterocycles. The summed E-state index contributed by atoms with van der Waals surface area (Å²) in [6, 6.07) is 8.42. The first-order chi connectivity index (χ1) is 9.90. The van der Waals surface area contributed by atoms with E-state index in [1.165, 1.54) is 22.7 Å². The molecule has 1 aromatic carbocycles. The van der Waals surface area contributed by atoms with Gasteiger partial charge in [0.1, 0.15) is 0 Å². The number of nitrogens with zero attached hydrogens (tertiary/aromatic N) is 2. The van der Waals surface area contributed by atoms with Crippen LogP contribution in [0.2, 0.25) is 0 Å². The molecule has 5 nitrogen and oxygen atoms in total. The smallest absolute Gasteiger partial charge is 0.306 e. The van der Waals surface area contributed by atoms with Crippen molar-refractivity contribution >= 4 is 0 Å². The van der Waals surface area contributed by atoms with Crippen molar-refractivity contribution in [3.63, 3.8) is 0 Å². The van der Waals surface area contributed by atoms with Gasteiger partial charge in [0.15, 0.2) is 0 Å². The second-order valence-electron chi connectivity index (χ2n) is 5.43. The molecule has 1 atom stereocenters. The van der Waals surface area contributed by atoms with Crippen molar-refractivity contribution < 1.29 is 0 Å². The fourth-order valence-electron chi connectivity index (χ4n) is 2.24. The second-order valence-corrected chi connectivity index (χ2v) is 5.43. The Morgan fingerprint density at radius 3 is 2.38 bits per heavy atom. The standard InChI is InChI=1S/C16H21N3O2/c1-11-5-7-13(8-6-11)12(2)17-9-14-10-18(3)16(21)19(4)15(14)20/h5-8,10,12,17H,9H2,1-4H3. The lowest BCUT2D eigenvalue weighted by Crippen LogP contribution is -2.39. The highest BCUT2D eigenvalue weighted by Gasteiger charge is 2.09. The predicted octanol–water partition coefficient (Wildman–Crippen LogP) is 1.24. The number of rotatable bonds is 4. The fourth-order valence-corrected chi connectivity index (χ4v) is 2.24. The summed E-state index contributed by atoms with van der Waals surface area (Å²) in [7, 11) is 3.15. The molecule has 2 aromatic rings. The van der Waals surface area contributed by atoms with Gasteiger partial charge in [0, 0.05) is 38.4 Å². The van der Waals surface area contributed by atoms with Crippen LogP contribution in [0, 0.1) is 6.92 Å². The van der Waals surface area contributed by atoms with Gasteiger partial charge in [0.2, 0.25) is 0 Å². The fraction of sp³-hybridized carbons (Fsp3) is 0.375. The van der Waals surface area contributed by atoms with E-state index in [0.29, 0.717) is 12.1 Å². The third-order valence-corrected chi connectivity index (χ3v) is 3.69. The van der Waals surface area contributed by atoms with Gasteiger partial charge in [-0.1, -0.05) is 29.8 Å². The van der Waals surface area contributed by atoms with E-state index in [9.17, 15) is 9.59 Å². The highest BCUT2D eigenvalue weighted by atomic mass is 16.2. The van der Waals surface area contributed by atoms with Crippen LogP contribution in [0.25, 0.3) is 0 Å². The summed E-state index contributed by atoms with van der Waals surface area (Å²) >= 11 is 0. The minimum Gasteiger partial charge on any atom is -0.306 e. The van der Waals surface area contributed by atoms with Crippen LogP contribution in [-0.4, -0.2) is 9.13 Å². The lowest BCUT2D eigenvalue weighted by molar-refractivity contribution is 0.558. The van der Waals surface area contributed by atoms with E-state index in [-0.39, 0.29) is 17.3 Å². The number of nitrogens with one attached hydrogen (secondary N) is 1. The predicted molar refractivity (Wildman–Crippen MR) is 83.4 cm³/mol. The van der Waals surface area contributed by atoms with Gasteiger partial charge in [0.25, 0.3) is 5.56 Å². The van der Waals surface area contributed by atoms with E-state index in [4.69, 9.17) is 0 Å². The average Bonchev–Trinajstić information content (AvgIpc) is 2.48. The Bertz CT molecular complexity index is 742. The van der Waals surface area contributed by atoms with Crippen LogP contribution in [0.5, 0.6) is 0 Å². The van der Waals surface area contributed by atoms with Crippen LogP contribution < -0.4 is 16.6 Å². The van der Waals surface area contributed by atoms with Gasteiger partial charge in [-0.05, 0) is 19.4 Å². The van der Waals surface area contributed by atoms with Crippen LogP contribution in [-0.2, 0) is 20.6 Å². The van der Waals surface area contributed by atoms with E-state index in [1.54, 1.807) is 13.2 Å². The molecule has 1 N–H and O–H groups in total. The zero-order valence-electron chi connectivity index (χ0n) is 12.9. The summed E-state index contributed by atoms with van der Waals surface area (Å²) in [5.41, 5.74) is 2.41. The third kappa shape index (κ3) is 3.31. The Kier molecular flexibility index (Phi) is 4.43. The van der Waals surface area contributed by atoms with E-state index in [2.05, 4.69) is 43.4 Å². The molecule has 0 aliphatic heterocycles. The van der Waals surface area contributed by atoms with E-state index in [0.717, 1.165) is 4.57 Å². The molecule has 0 aliphatic carbocycles. The molecule has 21 heavy (non-hydrogen) atoms. The number of hydrogen-bond acceptors (Lipinski definition) is 3. The molecule has 0 saturated carbocycles. The molecule has 1 aromatic heterocycles. The summed E-state index contributed by atoms with van der Waals surface area (Å²) in [4.78, 5) is 23.7. The molecular formula is C16H21N3O2. The summed E-state index contributed by atoms with van der Waals surface area (Å²) in [5, 5.41) is 3.32. The minimum absolute atomic E-state index is 0.132. The SMILES string of the molecule is Cc1ccc(C(C)NCc2cn(C)c(=O)n(C)c2=O)cc1. The summed E-state index contributed by atoms with van der Waals surface area (Å²) in [6.07, 6.45) is 1.60. The van der Waals surface area contributed by atoms with Crippen LogP contribution in [0.1, 0.15) is 29.7 Å². The number of aryl methyl sites for hydroxylation is 2. The highest BCUT2D eigenvalue weighted by molar-refractivity contribution is 5.23. The molecule has 0 saturated heterocycles. The van der Waals surface area contributed by atoms with Crippen LogP contribution in [0.15, 0.2) is 40.1 Å². The van der Waals surface area contributed by atoms with Crippen LogP contribution in [0.3, 0.4) is 0 Å². The second kappa shape index (κ2) is 6.10. The Labute approximate surface area is 123 Å². The van der Waals surface area contributed by atoms with Gasteiger partial charge >= 0.3 is 5.69 Å². The normalized spacial score (nSPS) is 12.4. The molecule has 112 valence electrons. The topological polar surface area (TPSA) is 56.0 Å². The molecule has 0 radical (unpaired) electrons. The Morgan fingerprint density at radius 1 is 1.14 bits per heavy atom. The van der Waals surface area contributed by atoms with Crippen molar-refractivity contribution in [2.45, 2.75) is 26.4 Å². The Morgan fingerprint density at radius 2 is 1.76 bits per heavy atom. The van der Waals surface area contributed by atoms with Crippen molar-refractivity contribution in [2.24, 2.45) is 14.1 Å². The van der Waals surface area contributed by atoms with E-state index in [1.807, 2.05) is 0 Å². The number of benzene rings is 1. The monoisotopic (exact) mass is 287 g/mol. The van der Waals surface area contributed by atoms with Crippen molar-refractivity contribution in [3.8, 4) is 0 Å². The number of aromatic nitrogens is 2. The molecule has 1 unspecified atom stereocenters. The van der Waals surface area contributed by atoms with Gasteiger partial charge in [-0.2, -0.15) is 0 Å². The molecule has 2 rings (SSSR count). The van der Waals surface area contributed by atoms with Crippen molar-refractivity contribution in [1.29, 1.82) is 0 Å². The van der Waals surface area contributed by atoms with Gasteiger partial charge in [0.05, 0.1) is 0 Å². The third-order valence-electron chi connectivity index (χ3n) is 3.69. The maximum absolute atomic E-state index is 12.0. The molecule has 0 aliphatic rings. The molecule has 0 amide bonds. The largest absolute Gasteiger partial charge is 0.330 e. The highest BCUT2D eigenvalue weighted by Crippen LogP contribution is 2.13. The lowest BCUT2D eigenvalue weighted by Gasteiger charge is -2.15. The molecule has 0 spiro atoms. The number of hydrogen-bond donors (Lipinski definition) is 1. The molecule has 0 bridgehead atoms. The maximum atomic E-state index is 12.0. The van der Waals surface area contributed by atoms with Gasteiger partial charge in [-0.3, -0.25) is 9.36 Å². The van der Waals surface area contributed by atoms with Crippen LogP contribution in [0.4, 0.5) is 0 Å². The Balaban J connectivity index is 2.15. The summed E-state index contributed by atoms with van der Waals surface area (Å²) < 4.78 is 2.56. The Hall–Kier alpha value is -2.14. The molecule has 0 fully saturated rings. The van der Waals surface area contributed by atoms with Crippen molar-refractivity contribution in [1.82, 2.24) is 14.5 Å². The zero-order chi connectivity index (χ0) is 15.6. The van der Waals surface area contributed by atoms with Crippen molar-refractivity contribution in [2.75, 3.05) is 0 Å². The van der Waals surface area contributed by atoms with Crippen LogP contribution >= 0.6 is 0 Å². The van der Waals surface area contributed by atoms with Gasteiger partial charge in [-0.15, -0.1) is 0 Å². The maximum Gasteiger partial charge on any atom is 0.330 e. The van der Waals surface area contributed by atoms with E-state index >= 15 is 0 Å². The van der Waals surface area contributed by atoms with Gasteiger partial charge in [-0.25, -0.2) is 4.79 Å². The first kappa shape index (κ1) is 15.3. The van der Waals surface area contributed by atoms with E-state index < -0.39 is 0 Å². The quantitative estimate of drug-likeness (QED) is 0.920. The molecular weight excluding hydrogens is 266 g/mol. The minimum atomic E-state index is -0.310. The first-order valence-corrected chi connectivity index (χ1v) is 6.95. The summed E-state index contributed by atoms with van der Waals surface area (Å²) in [6.45, 7) is 4.53. The lowest BCUT2D eigenvalue weighted by atomic mass is 10.1. The van der Waals surface area contributed by atoms with Crippen molar-refractivity contribution in [3.05, 3.63) is 68.0 Å².